The summed E-state index contributed by atoms with van der Waals surface area (Å²) < 4.78 is 1.05. The van der Waals surface area contributed by atoms with Crippen molar-refractivity contribution in [1.29, 1.82) is 0 Å². The van der Waals surface area contributed by atoms with Crippen molar-refractivity contribution < 1.29 is 0 Å². The Hall–Kier alpha value is -1.71. The summed E-state index contributed by atoms with van der Waals surface area (Å²) >= 11 is 3.60. The molecule has 2 nitrogen and oxygen atoms in total. The van der Waals surface area contributed by atoms with Crippen LogP contribution in [0.5, 0.6) is 0 Å². The molecule has 0 radical (unpaired) electrons. The first-order valence-electron chi connectivity index (χ1n) is 6.94. The van der Waals surface area contributed by atoms with E-state index in [9.17, 15) is 0 Å². The maximum absolute atomic E-state index is 6.61. The fraction of sp³-hybridized carbons (Fsp3) is 0.167. The molecule has 3 heteroatoms. The number of benzene rings is 2. The predicted molar refractivity (Wildman–Crippen MR) is 91.1 cm³/mol. The molecule has 0 amide bonds. The van der Waals surface area contributed by atoms with Crippen LogP contribution in [0, 0.1) is 0 Å². The average molecular weight is 341 g/mol. The molecule has 0 bridgehead atoms. The van der Waals surface area contributed by atoms with Crippen LogP contribution in [0.25, 0.3) is 10.9 Å². The largest absolute Gasteiger partial charge is 0.321 e. The number of hydrogen-bond acceptors (Lipinski definition) is 2. The van der Waals surface area contributed by atoms with E-state index >= 15 is 0 Å². The van der Waals surface area contributed by atoms with Crippen LogP contribution >= 0.6 is 15.9 Å². The first kappa shape index (κ1) is 14.2. The van der Waals surface area contributed by atoms with E-state index in [4.69, 9.17) is 5.73 Å². The summed E-state index contributed by atoms with van der Waals surface area (Å²) in [7, 11) is 0. The van der Waals surface area contributed by atoms with Crippen molar-refractivity contribution in [2.24, 2.45) is 5.73 Å². The summed E-state index contributed by atoms with van der Waals surface area (Å²) in [6.07, 6.45) is 2.62. The molecule has 1 aromatic heterocycles. The third-order valence-electron chi connectivity index (χ3n) is 3.79. The zero-order valence-electron chi connectivity index (χ0n) is 11.9. The molecule has 0 aliphatic carbocycles. The average Bonchev–Trinajstić information content (AvgIpc) is 2.47. The number of rotatable bonds is 3. The minimum Gasteiger partial charge on any atom is -0.321 e. The molecule has 0 spiro atoms. The third kappa shape index (κ3) is 2.85. The van der Waals surface area contributed by atoms with Crippen molar-refractivity contribution >= 4 is 26.8 Å². The van der Waals surface area contributed by atoms with Crippen LogP contribution in [-0.4, -0.2) is 4.98 Å². The molecule has 1 unspecified atom stereocenters. The Kier molecular flexibility index (Phi) is 3.79. The van der Waals surface area contributed by atoms with Crippen molar-refractivity contribution in [2.75, 3.05) is 0 Å². The maximum Gasteiger partial charge on any atom is 0.0704 e. The second-order valence-corrected chi connectivity index (χ2v) is 6.42. The Morgan fingerprint density at radius 3 is 2.57 bits per heavy atom. The number of aromatic nitrogens is 1. The first-order valence-corrected chi connectivity index (χ1v) is 7.74. The van der Waals surface area contributed by atoms with Crippen molar-refractivity contribution in [3.05, 3.63) is 76.4 Å². The van der Waals surface area contributed by atoms with Gasteiger partial charge in [-0.3, -0.25) is 4.98 Å². The standard InChI is InChI=1S/C18H17BrN2/c1-18(20,15-7-3-4-8-16(15)19)12-13-10-11-21-17-9-5-2-6-14(13)17/h2-11H,12,20H2,1H3. The van der Waals surface area contributed by atoms with Crippen LogP contribution in [0.3, 0.4) is 0 Å². The van der Waals surface area contributed by atoms with Crippen molar-refractivity contribution in [1.82, 2.24) is 4.98 Å². The number of fused-ring (bicyclic) bond motifs is 1. The van der Waals surface area contributed by atoms with Crippen LogP contribution in [0.1, 0.15) is 18.1 Å². The van der Waals surface area contributed by atoms with Gasteiger partial charge in [0, 0.05) is 21.6 Å². The lowest BCUT2D eigenvalue weighted by molar-refractivity contribution is 0.490. The Morgan fingerprint density at radius 1 is 1.05 bits per heavy atom. The monoisotopic (exact) mass is 340 g/mol. The summed E-state index contributed by atoms with van der Waals surface area (Å²) in [6, 6.07) is 18.4. The lowest BCUT2D eigenvalue weighted by Gasteiger charge is -2.27. The van der Waals surface area contributed by atoms with Gasteiger partial charge in [0.2, 0.25) is 0 Å². The quantitative estimate of drug-likeness (QED) is 0.766. The molecular weight excluding hydrogens is 324 g/mol. The van der Waals surface area contributed by atoms with Crippen LogP contribution in [0.4, 0.5) is 0 Å². The Bertz CT molecular complexity index is 776. The zero-order chi connectivity index (χ0) is 14.9. The summed E-state index contributed by atoms with van der Waals surface area (Å²) in [4.78, 5) is 4.41. The zero-order valence-corrected chi connectivity index (χ0v) is 13.5. The molecule has 3 rings (SSSR count). The number of hydrogen-bond donors (Lipinski definition) is 1. The van der Waals surface area contributed by atoms with Crippen molar-refractivity contribution in [3.8, 4) is 0 Å². The predicted octanol–water partition coefficient (Wildman–Crippen LogP) is 4.41. The second-order valence-electron chi connectivity index (χ2n) is 5.56. The summed E-state index contributed by atoms with van der Waals surface area (Å²) in [5, 5.41) is 1.17. The molecule has 0 aliphatic rings. The molecule has 21 heavy (non-hydrogen) atoms. The minimum absolute atomic E-state index is 0.440. The van der Waals surface area contributed by atoms with Crippen molar-refractivity contribution in [2.45, 2.75) is 18.9 Å². The molecule has 1 atom stereocenters. The van der Waals surface area contributed by atoms with Gasteiger partial charge in [-0.1, -0.05) is 52.3 Å². The summed E-state index contributed by atoms with van der Waals surface area (Å²) in [5.74, 6) is 0. The maximum atomic E-state index is 6.61. The van der Waals surface area contributed by atoms with Gasteiger partial charge in [-0.25, -0.2) is 0 Å². The number of nitrogens with two attached hydrogens (primary N) is 1. The van der Waals surface area contributed by atoms with E-state index in [0.29, 0.717) is 0 Å². The van der Waals surface area contributed by atoms with Crippen molar-refractivity contribution in [3.63, 3.8) is 0 Å². The van der Waals surface area contributed by atoms with Crippen LogP contribution < -0.4 is 5.73 Å². The smallest absolute Gasteiger partial charge is 0.0704 e. The fourth-order valence-electron chi connectivity index (χ4n) is 2.72. The lowest BCUT2D eigenvalue weighted by Crippen LogP contribution is -2.35. The van der Waals surface area contributed by atoms with Gasteiger partial charge in [0.15, 0.2) is 0 Å². The topological polar surface area (TPSA) is 38.9 Å². The summed E-state index contributed by atoms with van der Waals surface area (Å²) in [6.45, 7) is 2.07. The van der Waals surface area contributed by atoms with Gasteiger partial charge in [0.1, 0.15) is 0 Å². The third-order valence-corrected chi connectivity index (χ3v) is 4.48. The highest BCUT2D eigenvalue weighted by Gasteiger charge is 2.24. The number of nitrogens with zero attached hydrogens (tertiary/aromatic N) is 1. The second kappa shape index (κ2) is 5.58. The minimum atomic E-state index is -0.440. The van der Waals surface area contributed by atoms with E-state index in [1.165, 1.54) is 10.9 Å². The van der Waals surface area contributed by atoms with Gasteiger partial charge in [0.05, 0.1) is 5.52 Å². The van der Waals surface area contributed by atoms with Gasteiger partial charge in [-0.05, 0) is 42.7 Å². The Morgan fingerprint density at radius 2 is 1.76 bits per heavy atom. The highest BCUT2D eigenvalue weighted by Crippen LogP contribution is 2.30. The van der Waals surface area contributed by atoms with E-state index < -0.39 is 5.54 Å². The van der Waals surface area contributed by atoms with E-state index in [1.807, 2.05) is 42.6 Å². The molecular formula is C18H17BrN2. The molecule has 0 fully saturated rings. The highest BCUT2D eigenvalue weighted by atomic mass is 79.9. The van der Waals surface area contributed by atoms with Crippen LogP contribution in [-0.2, 0) is 12.0 Å². The molecule has 3 aromatic rings. The van der Waals surface area contributed by atoms with E-state index in [0.717, 1.165) is 22.0 Å². The molecule has 1 heterocycles. The number of pyridine rings is 1. The molecule has 0 saturated heterocycles. The van der Waals surface area contributed by atoms with Gasteiger partial charge in [-0.15, -0.1) is 0 Å². The van der Waals surface area contributed by atoms with Crippen LogP contribution in [0.15, 0.2) is 65.3 Å². The first-order chi connectivity index (χ1) is 10.1. The highest BCUT2D eigenvalue weighted by molar-refractivity contribution is 9.10. The molecule has 0 saturated carbocycles. The van der Waals surface area contributed by atoms with Gasteiger partial charge in [0.25, 0.3) is 0 Å². The van der Waals surface area contributed by atoms with E-state index in [1.54, 1.807) is 0 Å². The Labute approximate surface area is 133 Å². The fourth-order valence-corrected chi connectivity index (χ4v) is 3.46. The Balaban J connectivity index is 2.04. The van der Waals surface area contributed by atoms with Crippen LogP contribution in [0.2, 0.25) is 0 Å². The SMILES string of the molecule is CC(N)(Cc1ccnc2ccccc12)c1ccccc1Br. The normalized spacial score (nSPS) is 14.0. The molecule has 0 aliphatic heterocycles. The van der Waals surface area contributed by atoms with Gasteiger partial charge < -0.3 is 5.73 Å². The molecule has 106 valence electrons. The number of para-hydroxylation sites is 1. The molecule has 2 N–H and O–H groups in total. The lowest BCUT2D eigenvalue weighted by atomic mass is 9.86. The van der Waals surface area contributed by atoms with E-state index in [-0.39, 0.29) is 0 Å². The molecule has 2 aromatic carbocycles. The number of halogens is 1. The van der Waals surface area contributed by atoms with Gasteiger partial charge >= 0.3 is 0 Å². The van der Waals surface area contributed by atoms with E-state index in [2.05, 4.69) is 46.0 Å². The van der Waals surface area contributed by atoms with Gasteiger partial charge in [-0.2, -0.15) is 0 Å². The summed E-state index contributed by atoms with van der Waals surface area (Å²) in [5.41, 5.74) is 9.52.